The molecule has 1 atom stereocenters. The number of hydrogen-bond donors (Lipinski definition) is 1. The molecule has 14 heavy (non-hydrogen) atoms. The second kappa shape index (κ2) is 3.42. The molecule has 0 saturated carbocycles. The van der Waals surface area contributed by atoms with E-state index in [4.69, 9.17) is 5.11 Å². The van der Waals surface area contributed by atoms with Crippen molar-refractivity contribution in [3.8, 4) is 0 Å². The first-order valence-electron chi connectivity index (χ1n) is 4.27. The van der Waals surface area contributed by atoms with Gasteiger partial charge in [-0.25, -0.2) is 0 Å². The lowest BCUT2D eigenvalue weighted by Crippen LogP contribution is -2.45. The molecule has 3 nitrogen and oxygen atoms in total. The van der Waals surface area contributed by atoms with E-state index in [1.807, 2.05) is 13.8 Å². The lowest BCUT2D eigenvalue weighted by molar-refractivity contribution is -0.355. The Bertz CT molecular complexity index is 249. The summed E-state index contributed by atoms with van der Waals surface area (Å²) in [7, 11) is 0. The molecular weight excluding hydrogens is 199 g/mol. The molecule has 1 aliphatic heterocycles. The first kappa shape index (κ1) is 11.3. The zero-order chi connectivity index (χ0) is 11.0. The van der Waals surface area contributed by atoms with Crippen molar-refractivity contribution in [2.24, 2.45) is 11.1 Å². The number of hydrogen-bond acceptors (Lipinski definition) is 3. The molecule has 0 bridgehead atoms. The summed E-state index contributed by atoms with van der Waals surface area (Å²) >= 11 is 0. The van der Waals surface area contributed by atoms with Crippen LogP contribution in [0.2, 0.25) is 0 Å². The zero-order valence-electron chi connectivity index (χ0n) is 7.93. The molecule has 1 rings (SSSR count). The standard InChI is InChI=1S/C8H12F3NO2/c1-5(2)3-6-4-7(13,14-12-6)8(9,10)11/h5,13H,3-4H2,1-2H3/t7-/m0/s1. The lowest BCUT2D eigenvalue weighted by atomic mass is 10.0. The minimum absolute atomic E-state index is 0.188. The molecule has 0 radical (unpaired) electrons. The van der Waals surface area contributed by atoms with Gasteiger partial charge < -0.3 is 9.94 Å². The largest absolute Gasteiger partial charge is 0.458 e. The van der Waals surface area contributed by atoms with Gasteiger partial charge in [-0.3, -0.25) is 0 Å². The molecule has 1 aliphatic rings. The average Bonchev–Trinajstić information content (AvgIpc) is 2.30. The summed E-state index contributed by atoms with van der Waals surface area (Å²) in [5.41, 5.74) is 0.250. The molecule has 0 aliphatic carbocycles. The van der Waals surface area contributed by atoms with Crippen LogP contribution in [0.15, 0.2) is 5.16 Å². The van der Waals surface area contributed by atoms with Crippen molar-refractivity contribution in [1.82, 2.24) is 0 Å². The normalized spacial score (nSPS) is 27.8. The molecule has 0 amide bonds. The second-order valence-electron chi connectivity index (χ2n) is 3.81. The number of aliphatic hydroxyl groups is 1. The van der Waals surface area contributed by atoms with E-state index >= 15 is 0 Å². The highest BCUT2D eigenvalue weighted by Gasteiger charge is 2.60. The van der Waals surface area contributed by atoms with Crippen LogP contribution < -0.4 is 0 Å². The third-order valence-corrected chi connectivity index (χ3v) is 1.86. The van der Waals surface area contributed by atoms with Crippen molar-refractivity contribution >= 4 is 5.71 Å². The van der Waals surface area contributed by atoms with Gasteiger partial charge in [-0.15, -0.1) is 0 Å². The van der Waals surface area contributed by atoms with Crippen LogP contribution in [0.25, 0.3) is 0 Å². The molecule has 0 spiro atoms. The number of halogens is 3. The van der Waals surface area contributed by atoms with E-state index in [2.05, 4.69) is 9.99 Å². The maximum atomic E-state index is 12.2. The molecular formula is C8H12F3NO2. The predicted molar refractivity (Wildman–Crippen MR) is 43.6 cm³/mol. The fourth-order valence-electron chi connectivity index (χ4n) is 1.21. The van der Waals surface area contributed by atoms with Crippen LogP contribution in [0.4, 0.5) is 13.2 Å². The number of alkyl halides is 3. The Morgan fingerprint density at radius 1 is 1.57 bits per heavy atom. The van der Waals surface area contributed by atoms with Gasteiger partial charge in [0.2, 0.25) is 0 Å². The summed E-state index contributed by atoms with van der Waals surface area (Å²) in [5.74, 6) is -2.93. The molecule has 0 aromatic heterocycles. The van der Waals surface area contributed by atoms with E-state index in [-0.39, 0.29) is 11.6 Å². The van der Waals surface area contributed by atoms with Gasteiger partial charge in [0.1, 0.15) is 0 Å². The average molecular weight is 211 g/mol. The van der Waals surface area contributed by atoms with Crippen LogP contribution >= 0.6 is 0 Å². The molecule has 82 valence electrons. The summed E-state index contributed by atoms with van der Waals surface area (Å²) in [6.07, 6.45) is -4.98. The Balaban J connectivity index is 2.61. The molecule has 0 fully saturated rings. The van der Waals surface area contributed by atoms with E-state index in [0.717, 1.165) is 0 Å². The highest BCUT2D eigenvalue weighted by molar-refractivity contribution is 5.86. The number of rotatable bonds is 2. The SMILES string of the molecule is CC(C)CC1=NO[C@](O)(C(F)(F)F)C1. The van der Waals surface area contributed by atoms with Crippen LogP contribution in [-0.4, -0.2) is 22.8 Å². The van der Waals surface area contributed by atoms with E-state index in [0.29, 0.717) is 6.42 Å². The van der Waals surface area contributed by atoms with E-state index in [1.54, 1.807) is 0 Å². The quantitative estimate of drug-likeness (QED) is 0.759. The molecule has 1 heterocycles. The van der Waals surface area contributed by atoms with Gasteiger partial charge in [0.15, 0.2) is 0 Å². The molecule has 0 aromatic carbocycles. The van der Waals surface area contributed by atoms with Gasteiger partial charge in [0.25, 0.3) is 0 Å². The fourth-order valence-corrected chi connectivity index (χ4v) is 1.21. The summed E-state index contributed by atoms with van der Waals surface area (Å²) in [5, 5.41) is 12.3. The summed E-state index contributed by atoms with van der Waals surface area (Å²) in [6, 6.07) is 0. The monoisotopic (exact) mass is 211 g/mol. The third-order valence-electron chi connectivity index (χ3n) is 1.86. The van der Waals surface area contributed by atoms with Gasteiger partial charge >= 0.3 is 12.0 Å². The maximum absolute atomic E-state index is 12.2. The van der Waals surface area contributed by atoms with E-state index in [9.17, 15) is 13.2 Å². The number of nitrogens with zero attached hydrogens (tertiary/aromatic N) is 1. The Morgan fingerprint density at radius 2 is 2.14 bits per heavy atom. The topological polar surface area (TPSA) is 41.8 Å². The first-order valence-corrected chi connectivity index (χ1v) is 4.27. The van der Waals surface area contributed by atoms with Crippen LogP contribution in [0.1, 0.15) is 26.7 Å². The lowest BCUT2D eigenvalue weighted by Gasteiger charge is -2.22. The Morgan fingerprint density at radius 3 is 2.50 bits per heavy atom. The summed E-state index contributed by atoms with van der Waals surface area (Å²) < 4.78 is 36.6. The summed E-state index contributed by atoms with van der Waals surface area (Å²) in [4.78, 5) is 4.04. The van der Waals surface area contributed by atoms with Gasteiger partial charge in [0.05, 0.1) is 12.1 Å². The molecule has 6 heteroatoms. The van der Waals surface area contributed by atoms with E-state index in [1.165, 1.54) is 0 Å². The van der Waals surface area contributed by atoms with Gasteiger partial charge in [-0.1, -0.05) is 19.0 Å². The highest BCUT2D eigenvalue weighted by atomic mass is 19.4. The Kier molecular flexibility index (Phi) is 2.76. The summed E-state index contributed by atoms with van der Waals surface area (Å²) in [6.45, 7) is 3.71. The number of oxime groups is 1. The molecule has 0 saturated heterocycles. The van der Waals surface area contributed by atoms with Gasteiger partial charge in [-0.05, 0) is 12.3 Å². The van der Waals surface area contributed by atoms with Crippen molar-refractivity contribution in [2.45, 2.75) is 38.7 Å². The molecule has 0 unspecified atom stereocenters. The minimum atomic E-state index is -4.80. The van der Waals surface area contributed by atoms with Gasteiger partial charge in [-0.2, -0.15) is 13.2 Å². The highest BCUT2D eigenvalue weighted by Crippen LogP contribution is 2.38. The van der Waals surface area contributed by atoms with Crippen molar-refractivity contribution in [3.63, 3.8) is 0 Å². The van der Waals surface area contributed by atoms with Crippen LogP contribution in [0.5, 0.6) is 0 Å². The van der Waals surface area contributed by atoms with Crippen LogP contribution in [0.3, 0.4) is 0 Å². The maximum Gasteiger partial charge on any atom is 0.458 e. The Labute approximate surface area is 79.5 Å². The predicted octanol–water partition coefficient (Wildman–Crippen LogP) is 2.06. The smallest absolute Gasteiger partial charge is 0.350 e. The molecule has 1 N–H and O–H groups in total. The van der Waals surface area contributed by atoms with Crippen molar-refractivity contribution < 1.29 is 23.1 Å². The van der Waals surface area contributed by atoms with Crippen molar-refractivity contribution in [2.75, 3.05) is 0 Å². The second-order valence-corrected chi connectivity index (χ2v) is 3.81. The van der Waals surface area contributed by atoms with Crippen molar-refractivity contribution in [1.29, 1.82) is 0 Å². The fraction of sp³-hybridized carbons (Fsp3) is 0.875. The third kappa shape index (κ3) is 2.17. The van der Waals surface area contributed by atoms with Crippen LogP contribution in [0, 0.1) is 5.92 Å². The minimum Gasteiger partial charge on any atom is -0.350 e. The molecule has 0 aromatic rings. The van der Waals surface area contributed by atoms with Crippen LogP contribution in [-0.2, 0) is 4.84 Å². The zero-order valence-corrected chi connectivity index (χ0v) is 7.93. The first-order chi connectivity index (χ1) is 6.24. The Hall–Kier alpha value is -0.780. The van der Waals surface area contributed by atoms with E-state index < -0.39 is 18.4 Å². The van der Waals surface area contributed by atoms with Gasteiger partial charge in [0, 0.05) is 0 Å². The van der Waals surface area contributed by atoms with Crippen molar-refractivity contribution in [3.05, 3.63) is 0 Å².